The molecule has 4 rings (SSSR count). The molecule has 0 saturated carbocycles. The number of aromatic nitrogens is 3. The Kier molecular flexibility index (Phi) is 4.56. The fraction of sp³-hybridized carbons (Fsp3) is 0.278. The Bertz CT molecular complexity index is 839. The number of hydrogen-bond acceptors (Lipinski definition) is 5. The molecule has 0 unspecified atom stereocenters. The Morgan fingerprint density at radius 3 is 2.60 bits per heavy atom. The molecule has 3 aromatic rings. The summed E-state index contributed by atoms with van der Waals surface area (Å²) >= 11 is 1.41. The number of benzene rings is 1. The van der Waals surface area contributed by atoms with Gasteiger partial charge in [0.1, 0.15) is 0 Å². The second-order valence-electron chi connectivity index (χ2n) is 5.83. The summed E-state index contributed by atoms with van der Waals surface area (Å²) in [6.07, 6.45) is 3.81. The van der Waals surface area contributed by atoms with E-state index in [0.29, 0.717) is 22.5 Å². The third kappa shape index (κ3) is 3.32. The van der Waals surface area contributed by atoms with Gasteiger partial charge in [-0.1, -0.05) is 30.0 Å². The maximum absolute atomic E-state index is 12.3. The Labute approximate surface area is 149 Å². The van der Waals surface area contributed by atoms with Gasteiger partial charge in [0.2, 0.25) is 11.7 Å². The van der Waals surface area contributed by atoms with Crippen molar-refractivity contribution < 1.29 is 9.21 Å². The zero-order valence-corrected chi connectivity index (χ0v) is 14.5. The highest BCUT2D eigenvalue weighted by Crippen LogP contribution is 2.28. The smallest absolute Gasteiger partial charge is 0.233 e. The van der Waals surface area contributed by atoms with Crippen LogP contribution in [-0.2, 0) is 4.79 Å². The molecule has 25 heavy (non-hydrogen) atoms. The lowest BCUT2D eigenvalue weighted by Gasteiger charge is -2.14. The average molecular weight is 354 g/mol. The van der Waals surface area contributed by atoms with Crippen molar-refractivity contribution >= 4 is 17.7 Å². The SMILES string of the molecule is O=C(CSc1nnc(-c2ccco2)n1-c1ccccc1)N1CCCC1. The molecule has 0 N–H and O–H groups in total. The molecule has 0 aliphatic carbocycles. The molecular formula is C18H18N4O2S. The molecule has 1 amide bonds. The third-order valence-electron chi connectivity index (χ3n) is 4.17. The van der Waals surface area contributed by atoms with Crippen LogP contribution in [0.3, 0.4) is 0 Å². The van der Waals surface area contributed by atoms with Crippen LogP contribution in [0.5, 0.6) is 0 Å². The van der Waals surface area contributed by atoms with Crippen molar-refractivity contribution in [2.24, 2.45) is 0 Å². The van der Waals surface area contributed by atoms with E-state index in [0.717, 1.165) is 31.6 Å². The van der Waals surface area contributed by atoms with Crippen LogP contribution in [0.1, 0.15) is 12.8 Å². The molecule has 1 fully saturated rings. The topological polar surface area (TPSA) is 64.2 Å². The zero-order valence-electron chi connectivity index (χ0n) is 13.7. The fourth-order valence-electron chi connectivity index (χ4n) is 2.92. The van der Waals surface area contributed by atoms with Crippen molar-refractivity contribution in [2.45, 2.75) is 18.0 Å². The van der Waals surface area contributed by atoms with Gasteiger partial charge in [-0.15, -0.1) is 10.2 Å². The number of carbonyl (C=O) groups excluding carboxylic acids is 1. The van der Waals surface area contributed by atoms with E-state index < -0.39 is 0 Å². The van der Waals surface area contributed by atoms with E-state index in [-0.39, 0.29) is 5.91 Å². The van der Waals surface area contributed by atoms with E-state index in [9.17, 15) is 4.79 Å². The Balaban J connectivity index is 1.62. The average Bonchev–Trinajstić information content (AvgIpc) is 3.41. The number of hydrogen-bond donors (Lipinski definition) is 0. The summed E-state index contributed by atoms with van der Waals surface area (Å²) in [4.78, 5) is 14.3. The van der Waals surface area contributed by atoms with Gasteiger partial charge in [0.05, 0.1) is 12.0 Å². The minimum Gasteiger partial charge on any atom is -0.461 e. The lowest BCUT2D eigenvalue weighted by Crippen LogP contribution is -2.29. The summed E-state index contributed by atoms with van der Waals surface area (Å²) in [5, 5.41) is 9.26. The van der Waals surface area contributed by atoms with Crippen molar-refractivity contribution in [3.05, 3.63) is 48.7 Å². The third-order valence-corrected chi connectivity index (χ3v) is 5.09. The van der Waals surface area contributed by atoms with Gasteiger partial charge < -0.3 is 9.32 Å². The van der Waals surface area contributed by atoms with Gasteiger partial charge in [0.15, 0.2) is 10.9 Å². The maximum Gasteiger partial charge on any atom is 0.233 e. The zero-order chi connectivity index (χ0) is 17.1. The van der Waals surface area contributed by atoms with Gasteiger partial charge in [-0.05, 0) is 37.1 Å². The van der Waals surface area contributed by atoms with Gasteiger partial charge >= 0.3 is 0 Å². The number of para-hydroxylation sites is 1. The van der Waals surface area contributed by atoms with Crippen LogP contribution >= 0.6 is 11.8 Å². The van der Waals surface area contributed by atoms with Crippen molar-refractivity contribution in [3.63, 3.8) is 0 Å². The quantitative estimate of drug-likeness (QED) is 0.658. The van der Waals surface area contributed by atoms with Crippen LogP contribution in [0.4, 0.5) is 0 Å². The summed E-state index contributed by atoms with van der Waals surface area (Å²) in [5.41, 5.74) is 0.940. The van der Waals surface area contributed by atoms with Gasteiger partial charge in [-0.3, -0.25) is 9.36 Å². The molecule has 1 aliphatic rings. The minimum absolute atomic E-state index is 0.157. The van der Waals surface area contributed by atoms with Crippen LogP contribution in [0.15, 0.2) is 58.3 Å². The first-order chi connectivity index (χ1) is 12.3. The molecule has 1 aliphatic heterocycles. The van der Waals surface area contributed by atoms with E-state index in [1.807, 2.05) is 51.9 Å². The molecular weight excluding hydrogens is 336 g/mol. The van der Waals surface area contributed by atoms with Crippen LogP contribution < -0.4 is 0 Å². The normalized spacial score (nSPS) is 14.2. The molecule has 0 radical (unpaired) electrons. The predicted octanol–water partition coefficient (Wildman–Crippen LogP) is 3.24. The highest BCUT2D eigenvalue weighted by Gasteiger charge is 2.21. The lowest BCUT2D eigenvalue weighted by atomic mass is 10.3. The number of likely N-dealkylation sites (tertiary alicyclic amines) is 1. The van der Waals surface area contributed by atoms with E-state index >= 15 is 0 Å². The van der Waals surface area contributed by atoms with E-state index in [4.69, 9.17) is 4.42 Å². The Hall–Kier alpha value is -2.54. The molecule has 0 spiro atoms. The first-order valence-corrected chi connectivity index (χ1v) is 9.27. The van der Waals surface area contributed by atoms with E-state index in [1.54, 1.807) is 6.26 Å². The molecule has 7 heteroatoms. The highest BCUT2D eigenvalue weighted by molar-refractivity contribution is 7.99. The van der Waals surface area contributed by atoms with Crippen molar-refractivity contribution in [3.8, 4) is 17.3 Å². The number of amides is 1. The monoisotopic (exact) mass is 354 g/mol. The molecule has 0 bridgehead atoms. The first-order valence-electron chi connectivity index (χ1n) is 8.28. The van der Waals surface area contributed by atoms with E-state index in [2.05, 4.69) is 10.2 Å². The highest BCUT2D eigenvalue weighted by atomic mass is 32.2. The van der Waals surface area contributed by atoms with Gasteiger partial charge in [-0.25, -0.2) is 0 Å². The molecule has 6 nitrogen and oxygen atoms in total. The molecule has 1 aromatic carbocycles. The lowest BCUT2D eigenvalue weighted by molar-refractivity contribution is -0.127. The molecule has 1 saturated heterocycles. The largest absolute Gasteiger partial charge is 0.461 e. The van der Waals surface area contributed by atoms with Crippen molar-refractivity contribution in [1.29, 1.82) is 0 Å². The van der Waals surface area contributed by atoms with Crippen LogP contribution in [-0.4, -0.2) is 44.4 Å². The molecule has 2 aromatic heterocycles. The maximum atomic E-state index is 12.3. The van der Waals surface area contributed by atoms with E-state index in [1.165, 1.54) is 11.8 Å². The number of furan rings is 1. The van der Waals surface area contributed by atoms with Gasteiger partial charge in [-0.2, -0.15) is 0 Å². The summed E-state index contributed by atoms with van der Waals surface area (Å²) < 4.78 is 7.43. The number of thioether (sulfide) groups is 1. The van der Waals surface area contributed by atoms with Crippen LogP contribution in [0.2, 0.25) is 0 Å². The minimum atomic E-state index is 0.157. The Morgan fingerprint density at radius 1 is 1.08 bits per heavy atom. The molecule has 0 atom stereocenters. The van der Waals surface area contributed by atoms with Gasteiger partial charge in [0.25, 0.3) is 0 Å². The van der Waals surface area contributed by atoms with Crippen molar-refractivity contribution in [1.82, 2.24) is 19.7 Å². The summed E-state index contributed by atoms with van der Waals surface area (Å²) in [5.74, 6) is 1.80. The second-order valence-corrected chi connectivity index (χ2v) is 6.77. The van der Waals surface area contributed by atoms with Crippen LogP contribution in [0, 0.1) is 0 Å². The van der Waals surface area contributed by atoms with Crippen LogP contribution in [0.25, 0.3) is 17.3 Å². The second kappa shape index (κ2) is 7.14. The first kappa shape index (κ1) is 16.0. The number of nitrogens with zero attached hydrogens (tertiary/aromatic N) is 4. The summed E-state index contributed by atoms with van der Waals surface area (Å²) in [6, 6.07) is 13.5. The Morgan fingerprint density at radius 2 is 1.88 bits per heavy atom. The predicted molar refractivity (Wildman–Crippen MR) is 95.6 cm³/mol. The summed E-state index contributed by atoms with van der Waals surface area (Å²) in [6.45, 7) is 1.73. The number of carbonyl (C=O) groups is 1. The standard InChI is InChI=1S/C18H18N4O2S/c23-16(21-10-4-5-11-21)13-25-18-20-19-17(15-9-6-12-24-15)22(18)14-7-2-1-3-8-14/h1-3,6-9,12H,4-5,10-11,13H2. The molecule has 128 valence electrons. The van der Waals surface area contributed by atoms with Crippen molar-refractivity contribution in [2.75, 3.05) is 18.8 Å². The summed E-state index contributed by atoms with van der Waals surface area (Å²) in [7, 11) is 0. The number of rotatable bonds is 5. The molecule has 3 heterocycles. The van der Waals surface area contributed by atoms with Gasteiger partial charge in [0, 0.05) is 18.8 Å². The fourth-order valence-corrected chi connectivity index (χ4v) is 3.78.